The van der Waals surface area contributed by atoms with Gasteiger partial charge in [0.05, 0.1) is 18.3 Å². The number of methoxy groups -OCH3 is 1. The highest BCUT2D eigenvalue weighted by atomic mass is 19.1. The van der Waals surface area contributed by atoms with Crippen LogP contribution in [-0.4, -0.2) is 27.5 Å². The normalized spacial score (nSPS) is 10.7. The van der Waals surface area contributed by atoms with Gasteiger partial charge in [0.15, 0.2) is 5.69 Å². The highest BCUT2D eigenvalue weighted by Gasteiger charge is 2.16. The van der Waals surface area contributed by atoms with E-state index in [2.05, 4.69) is 20.4 Å². The molecule has 0 unspecified atom stereocenters. The fraction of sp³-hybridized carbons (Fsp3) is 0.0526. The van der Waals surface area contributed by atoms with Crippen molar-refractivity contribution < 1.29 is 9.13 Å². The van der Waals surface area contributed by atoms with E-state index in [1.165, 1.54) is 12.1 Å². The zero-order valence-corrected chi connectivity index (χ0v) is 13.7. The van der Waals surface area contributed by atoms with Crippen LogP contribution in [-0.2, 0) is 0 Å². The van der Waals surface area contributed by atoms with Gasteiger partial charge < -0.3 is 4.74 Å². The van der Waals surface area contributed by atoms with Gasteiger partial charge in [0.1, 0.15) is 23.3 Å². The number of nitrogens with one attached hydrogen (secondary N) is 1. The third-order valence-corrected chi connectivity index (χ3v) is 4.07. The molecule has 26 heavy (non-hydrogen) atoms. The average Bonchev–Trinajstić information content (AvgIpc) is 3.16. The van der Waals surface area contributed by atoms with E-state index in [4.69, 9.17) is 4.74 Å². The SMILES string of the molecule is COc1ccc2c(-c3ccc(F)cc3)cc(-c3n[nH]nc3C#N)nc2c1. The molecule has 0 saturated carbocycles. The smallest absolute Gasteiger partial charge is 0.192 e. The summed E-state index contributed by atoms with van der Waals surface area (Å²) in [4.78, 5) is 4.61. The molecule has 0 bridgehead atoms. The van der Waals surface area contributed by atoms with Gasteiger partial charge in [-0.05, 0) is 41.5 Å². The summed E-state index contributed by atoms with van der Waals surface area (Å²) < 4.78 is 18.6. The minimum atomic E-state index is -0.308. The largest absolute Gasteiger partial charge is 0.497 e. The molecule has 0 saturated heterocycles. The second-order valence-corrected chi connectivity index (χ2v) is 5.58. The van der Waals surface area contributed by atoms with Crippen LogP contribution in [0.1, 0.15) is 5.69 Å². The minimum absolute atomic E-state index is 0.157. The number of hydrogen-bond donors (Lipinski definition) is 1. The van der Waals surface area contributed by atoms with E-state index in [0.717, 1.165) is 16.5 Å². The number of nitriles is 1. The van der Waals surface area contributed by atoms with Crippen LogP contribution >= 0.6 is 0 Å². The number of ether oxygens (including phenoxy) is 1. The van der Waals surface area contributed by atoms with Crippen molar-refractivity contribution in [2.45, 2.75) is 0 Å². The van der Waals surface area contributed by atoms with Crippen molar-refractivity contribution in [2.75, 3.05) is 7.11 Å². The molecule has 4 aromatic rings. The lowest BCUT2D eigenvalue weighted by molar-refractivity contribution is 0.415. The third kappa shape index (κ3) is 2.63. The molecule has 1 N–H and O–H groups in total. The summed E-state index contributed by atoms with van der Waals surface area (Å²) in [6.45, 7) is 0. The zero-order valence-electron chi connectivity index (χ0n) is 13.7. The number of rotatable bonds is 3. The summed E-state index contributed by atoms with van der Waals surface area (Å²) in [7, 11) is 1.58. The Balaban J connectivity index is 2.02. The topological polar surface area (TPSA) is 87.5 Å². The molecule has 2 heterocycles. The molecule has 0 amide bonds. The van der Waals surface area contributed by atoms with Crippen LogP contribution in [0.3, 0.4) is 0 Å². The molecule has 0 radical (unpaired) electrons. The Morgan fingerprint density at radius 2 is 1.88 bits per heavy atom. The first-order valence-electron chi connectivity index (χ1n) is 7.75. The standard InChI is InChI=1S/C19H12FN5O/c1-26-13-6-7-14-15(11-2-4-12(20)5-3-11)9-17(22-16(14)8-13)19-18(10-21)23-25-24-19/h2-9H,1H3,(H,23,24,25). The van der Waals surface area contributed by atoms with Gasteiger partial charge in [-0.2, -0.15) is 15.6 Å². The molecule has 0 atom stereocenters. The number of nitrogens with zero attached hydrogens (tertiary/aromatic N) is 4. The van der Waals surface area contributed by atoms with E-state index in [-0.39, 0.29) is 11.5 Å². The van der Waals surface area contributed by atoms with Crippen molar-refractivity contribution >= 4 is 10.9 Å². The Morgan fingerprint density at radius 3 is 2.62 bits per heavy atom. The highest BCUT2D eigenvalue weighted by Crippen LogP contribution is 2.33. The summed E-state index contributed by atoms with van der Waals surface area (Å²) in [6, 6.07) is 15.6. The molecular formula is C19H12FN5O. The second kappa shape index (κ2) is 6.26. The zero-order chi connectivity index (χ0) is 18.1. The third-order valence-electron chi connectivity index (χ3n) is 4.07. The Labute approximate surface area is 147 Å². The van der Waals surface area contributed by atoms with Crippen LogP contribution < -0.4 is 4.74 Å². The predicted molar refractivity (Wildman–Crippen MR) is 93.8 cm³/mol. The number of aromatic amines is 1. The Kier molecular flexibility index (Phi) is 3.78. The molecule has 0 aliphatic carbocycles. The molecule has 0 aliphatic rings. The van der Waals surface area contributed by atoms with Gasteiger partial charge in [0.2, 0.25) is 0 Å². The van der Waals surface area contributed by atoms with Crippen LogP contribution in [0.25, 0.3) is 33.4 Å². The second-order valence-electron chi connectivity index (χ2n) is 5.58. The first-order valence-corrected chi connectivity index (χ1v) is 7.75. The maximum Gasteiger partial charge on any atom is 0.192 e. The van der Waals surface area contributed by atoms with Crippen LogP contribution in [0.2, 0.25) is 0 Å². The summed E-state index contributed by atoms with van der Waals surface area (Å²) in [5.41, 5.74) is 3.36. The number of benzene rings is 2. The molecule has 2 aromatic heterocycles. The number of hydrogen-bond acceptors (Lipinski definition) is 5. The molecule has 2 aromatic carbocycles. The van der Waals surface area contributed by atoms with Crippen LogP contribution in [0.4, 0.5) is 4.39 Å². The molecular weight excluding hydrogens is 333 g/mol. The number of fused-ring (bicyclic) bond motifs is 1. The van der Waals surface area contributed by atoms with Crippen molar-refractivity contribution in [2.24, 2.45) is 0 Å². The summed E-state index contributed by atoms with van der Waals surface area (Å²) >= 11 is 0. The first kappa shape index (κ1) is 15.7. The summed E-state index contributed by atoms with van der Waals surface area (Å²) in [5, 5.41) is 20.4. The van der Waals surface area contributed by atoms with Crippen molar-refractivity contribution in [3.63, 3.8) is 0 Å². The lowest BCUT2D eigenvalue weighted by Crippen LogP contribution is -1.93. The highest BCUT2D eigenvalue weighted by molar-refractivity contribution is 5.97. The number of halogens is 1. The molecule has 0 spiro atoms. The Hall–Kier alpha value is -3.79. The predicted octanol–water partition coefficient (Wildman–Crippen LogP) is 3.71. The minimum Gasteiger partial charge on any atom is -0.497 e. The van der Waals surface area contributed by atoms with Crippen LogP contribution in [0.5, 0.6) is 5.75 Å². The van der Waals surface area contributed by atoms with Gasteiger partial charge in [-0.15, -0.1) is 5.10 Å². The number of pyridine rings is 1. The van der Waals surface area contributed by atoms with Crippen molar-refractivity contribution in [3.8, 4) is 34.3 Å². The molecule has 0 aliphatic heterocycles. The Bertz CT molecular complexity index is 1150. The van der Waals surface area contributed by atoms with Crippen LogP contribution in [0, 0.1) is 17.1 Å². The molecule has 6 nitrogen and oxygen atoms in total. The van der Waals surface area contributed by atoms with E-state index >= 15 is 0 Å². The van der Waals surface area contributed by atoms with E-state index in [9.17, 15) is 9.65 Å². The molecule has 4 rings (SSSR count). The quantitative estimate of drug-likeness (QED) is 0.611. The van der Waals surface area contributed by atoms with E-state index in [1.807, 2.05) is 24.3 Å². The average molecular weight is 345 g/mol. The number of H-pyrrole nitrogens is 1. The van der Waals surface area contributed by atoms with Crippen molar-refractivity contribution in [3.05, 3.63) is 60.0 Å². The van der Waals surface area contributed by atoms with Gasteiger partial charge in [-0.3, -0.25) is 0 Å². The lowest BCUT2D eigenvalue weighted by atomic mass is 9.99. The fourth-order valence-corrected chi connectivity index (χ4v) is 2.81. The van der Waals surface area contributed by atoms with Gasteiger partial charge in [0.25, 0.3) is 0 Å². The van der Waals surface area contributed by atoms with Gasteiger partial charge >= 0.3 is 0 Å². The molecule has 7 heteroatoms. The van der Waals surface area contributed by atoms with E-state index in [0.29, 0.717) is 22.7 Å². The van der Waals surface area contributed by atoms with E-state index in [1.54, 1.807) is 25.3 Å². The molecule has 126 valence electrons. The Morgan fingerprint density at radius 1 is 1.08 bits per heavy atom. The fourth-order valence-electron chi connectivity index (χ4n) is 2.81. The van der Waals surface area contributed by atoms with Gasteiger partial charge in [0, 0.05) is 11.5 Å². The summed E-state index contributed by atoms with van der Waals surface area (Å²) in [6.07, 6.45) is 0. The summed E-state index contributed by atoms with van der Waals surface area (Å²) in [5.74, 6) is 0.352. The van der Waals surface area contributed by atoms with Crippen molar-refractivity contribution in [1.82, 2.24) is 20.4 Å². The monoisotopic (exact) mass is 345 g/mol. The van der Waals surface area contributed by atoms with E-state index < -0.39 is 0 Å². The van der Waals surface area contributed by atoms with Crippen LogP contribution in [0.15, 0.2) is 48.5 Å². The molecule has 0 fully saturated rings. The maximum atomic E-state index is 13.3. The maximum absolute atomic E-state index is 13.3. The number of aromatic nitrogens is 4. The first-order chi connectivity index (χ1) is 12.7. The lowest BCUT2D eigenvalue weighted by Gasteiger charge is -2.10. The van der Waals surface area contributed by atoms with Crippen molar-refractivity contribution in [1.29, 1.82) is 5.26 Å². The van der Waals surface area contributed by atoms with Gasteiger partial charge in [-0.25, -0.2) is 9.37 Å². The van der Waals surface area contributed by atoms with Gasteiger partial charge in [-0.1, -0.05) is 12.1 Å².